The maximum Gasteiger partial charge on any atom is 0.164 e. The summed E-state index contributed by atoms with van der Waals surface area (Å²) in [7, 11) is 4.38. The lowest BCUT2D eigenvalue weighted by Crippen LogP contribution is -2.36. The molecule has 0 N–H and O–H groups in total. The van der Waals surface area contributed by atoms with E-state index >= 15 is 0 Å². The van der Waals surface area contributed by atoms with Gasteiger partial charge in [-0.15, -0.1) is 11.3 Å². The first kappa shape index (κ1) is 18.3. The molecule has 0 unspecified atom stereocenters. The molecular weight excluding hydrogens is 386 g/mol. The van der Waals surface area contributed by atoms with Gasteiger partial charge in [-0.2, -0.15) is 11.8 Å². The van der Waals surface area contributed by atoms with E-state index in [0.29, 0.717) is 11.3 Å². The monoisotopic (exact) mass is 411 g/mol. The van der Waals surface area contributed by atoms with Crippen LogP contribution in [0.25, 0.3) is 21.6 Å². The van der Waals surface area contributed by atoms with Gasteiger partial charge in [0.05, 0.1) is 5.39 Å². The topological polar surface area (TPSA) is 45.2 Å². The molecule has 2 atom stereocenters. The van der Waals surface area contributed by atoms with Gasteiger partial charge in [0.15, 0.2) is 5.82 Å². The SMILES string of the molecule is CS[C@H]1CN(c2nc(-c3cccnc3)nc3sc4c(c23)CCC4)C[C@H]1N(C)C. The Kier molecular flexibility index (Phi) is 4.77. The third kappa shape index (κ3) is 3.00. The molecule has 1 aliphatic carbocycles. The zero-order valence-corrected chi connectivity index (χ0v) is 18.2. The predicted octanol–water partition coefficient (Wildman–Crippen LogP) is 3.72. The molecule has 3 aromatic heterocycles. The summed E-state index contributed by atoms with van der Waals surface area (Å²) in [4.78, 5) is 21.9. The minimum Gasteiger partial charge on any atom is -0.353 e. The first-order valence-electron chi connectivity index (χ1n) is 9.82. The number of aryl methyl sites for hydroxylation is 2. The minimum atomic E-state index is 0.536. The Morgan fingerprint density at radius 3 is 2.82 bits per heavy atom. The lowest BCUT2D eigenvalue weighted by Gasteiger charge is -2.23. The fourth-order valence-electron chi connectivity index (χ4n) is 4.49. The Bertz CT molecular complexity index is 1000. The number of likely N-dealkylation sites (N-methyl/N-ethyl adjacent to an activating group) is 1. The molecular formula is C21H25N5S2. The molecule has 7 heteroatoms. The van der Waals surface area contributed by atoms with E-state index in [1.54, 1.807) is 6.20 Å². The molecule has 2 aliphatic rings. The van der Waals surface area contributed by atoms with Crippen LogP contribution in [0.4, 0.5) is 5.82 Å². The van der Waals surface area contributed by atoms with Crippen molar-refractivity contribution in [3.63, 3.8) is 0 Å². The first-order chi connectivity index (χ1) is 13.7. The number of hydrogen-bond donors (Lipinski definition) is 0. The highest BCUT2D eigenvalue weighted by Gasteiger charge is 2.36. The molecule has 1 aliphatic heterocycles. The van der Waals surface area contributed by atoms with Gasteiger partial charge in [0, 0.05) is 47.2 Å². The van der Waals surface area contributed by atoms with Crippen LogP contribution in [0.3, 0.4) is 0 Å². The second-order valence-corrected chi connectivity index (χ2v) is 10.0. The maximum absolute atomic E-state index is 5.12. The molecule has 28 heavy (non-hydrogen) atoms. The number of hydrogen-bond acceptors (Lipinski definition) is 7. The van der Waals surface area contributed by atoms with Gasteiger partial charge >= 0.3 is 0 Å². The Morgan fingerprint density at radius 2 is 2.11 bits per heavy atom. The van der Waals surface area contributed by atoms with Gasteiger partial charge in [-0.3, -0.25) is 4.98 Å². The molecule has 5 rings (SSSR count). The third-order valence-corrected chi connectivity index (χ3v) is 8.22. The molecule has 0 radical (unpaired) electrons. The number of anilines is 1. The van der Waals surface area contributed by atoms with E-state index in [1.165, 1.54) is 28.7 Å². The maximum atomic E-state index is 5.12. The Morgan fingerprint density at radius 1 is 1.21 bits per heavy atom. The van der Waals surface area contributed by atoms with Crippen LogP contribution in [0.1, 0.15) is 16.9 Å². The normalized spacial score (nSPS) is 21.8. The van der Waals surface area contributed by atoms with Gasteiger partial charge in [0.1, 0.15) is 10.6 Å². The number of pyridine rings is 1. The second kappa shape index (κ2) is 7.28. The zero-order chi connectivity index (χ0) is 19.3. The number of fused-ring (bicyclic) bond motifs is 3. The van der Waals surface area contributed by atoms with Crippen LogP contribution in [0.15, 0.2) is 24.5 Å². The van der Waals surface area contributed by atoms with Crippen molar-refractivity contribution < 1.29 is 0 Å². The van der Waals surface area contributed by atoms with Crippen molar-refractivity contribution in [3.05, 3.63) is 35.0 Å². The summed E-state index contributed by atoms with van der Waals surface area (Å²) in [5, 5.41) is 1.90. The lowest BCUT2D eigenvalue weighted by molar-refractivity contribution is 0.320. The fraction of sp³-hybridized carbons (Fsp3) is 0.476. The molecule has 0 amide bonds. The van der Waals surface area contributed by atoms with E-state index in [4.69, 9.17) is 9.97 Å². The Balaban J connectivity index is 1.66. The molecule has 4 heterocycles. The quantitative estimate of drug-likeness (QED) is 0.652. The van der Waals surface area contributed by atoms with Gasteiger partial charge in [0.2, 0.25) is 0 Å². The number of thiophene rings is 1. The summed E-state index contributed by atoms with van der Waals surface area (Å²) in [5.74, 6) is 1.93. The predicted molar refractivity (Wildman–Crippen MR) is 120 cm³/mol. The second-order valence-electron chi connectivity index (χ2n) is 7.86. The highest BCUT2D eigenvalue weighted by molar-refractivity contribution is 7.99. The largest absolute Gasteiger partial charge is 0.353 e. The number of rotatable bonds is 4. The molecule has 146 valence electrons. The summed E-state index contributed by atoms with van der Waals surface area (Å²) >= 11 is 3.83. The Hall–Kier alpha value is -1.70. The van der Waals surface area contributed by atoms with Crippen LogP contribution in [0.2, 0.25) is 0 Å². The van der Waals surface area contributed by atoms with Crippen molar-refractivity contribution in [1.82, 2.24) is 19.9 Å². The Labute approximate surface area is 174 Å². The molecule has 1 fully saturated rings. The van der Waals surface area contributed by atoms with Crippen LogP contribution in [-0.4, -0.2) is 64.6 Å². The molecule has 0 aromatic carbocycles. The van der Waals surface area contributed by atoms with Crippen LogP contribution in [0, 0.1) is 0 Å². The van der Waals surface area contributed by atoms with Gasteiger partial charge in [-0.1, -0.05) is 0 Å². The number of nitrogens with zero attached hydrogens (tertiary/aromatic N) is 5. The van der Waals surface area contributed by atoms with Crippen molar-refractivity contribution in [2.75, 3.05) is 38.3 Å². The highest BCUT2D eigenvalue weighted by atomic mass is 32.2. The van der Waals surface area contributed by atoms with Crippen molar-refractivity contribution >= 4 is 39.1 Å². The summed E-state index contributed by atoms with van der Waals surface area (Å²) in [6, 6.07) is 4.54. The van der Waals surface area contributed by atoms with Crippen molar-refractivity contribution in [1.29, 1.82) is 0 Å². The van der Waals surface area contributed by atoms with Crippen molar-refractivity contribution in [2.24, 2.45) is 0 Å². The van der Waals surface area contributed by atoms with Crippen LogP contribution in [0.5, 0.6) is 0 Å². The van der Waals surface area contributed by atoms with E-state index in [9.17, 15) is 0 Å². The molecule has 0 saturated carbocycles. The van der Waals surface area contributed by atoms with Gasteiger partial charge in [-0.05, 0) is 57.3 Å². The lowest BCUT2D eigenvalue weighted by atomic mass is 10.1. The molecule has 0 spiro atoms. The first-order valence-corrected chi connectivity index (χ1v) is 11.9. The van der Waals surface area contributed by atoms with Crippen molar-refractivity contribution in [3.8, 4) is 11.4 Å². The minimum absolute atomic E-state index is 0.536. The zero-order valence-electron chi connectivity index (χ0n) is 16.6. The molecule has 1 saturated heterocycles. The van der Waals surface area contributed by atoms with E-state index in [1.807, 2.05) is 35.4 Å². The molecule has 3 aromatic rings. The van der Waals surface area contributed by atoms with E-state index in [0.717, 1.165) is 41.5 Å². The average Bonchev–Trinajstić information content (AvgIpc) is 3.41. The van der Waals surface area contributed by atoms with Crippen LogP contribution >= 0.6 is 23.1 Å². The van der Waals surface area contributed by atoms with Crippen LogP contribution in [-0.2, 0) is 12.8 Å². The molecule has 0 bridgehead atoms. The van der Waals surface area contributed by atoms with E-state index < -0.39 is 0 Å². The summed E-state index contributed by atoms with van der Waals surface area (Å²) in [5.41, 5.74) is 2.49. The highest BCUT2D eigenvalue weighted by Crippen LogP contribution is 2.42. The standard InChI is InChI=1S/C21H25N5S2/c1-25(2)15-11-26(12-17(15)27-3)20-18-14-7-4-8-16(14)28-21(18)24-19(23-20)13-6-5-9-22-10-13/h5-6,9-10,15,17H,4,7-8,11-12H2,1-3H3/t15-,17+/m1/s1. The van der Waals surface area contributed by atoms with Gasteiger partial charge in [-0.25, -0.2) is 9.97 Å². The van der Waals surface area contributed by atoms with Crippen LogP contribution < -0.4 is 4.90 Å². The smallest absolute Gasteiger partial charge is 0.164 e. The third-order valence-electron chi connectivity index (χ3n) is 5.97. The number of aromatic nitrogens is 3. The summed E-state index contributed by atoms with van der Waals surface area (Å²) in [6.45, 7) is 2.05. The summed E-state index contributed by atoms with van der Waals surface area (Å²) < 4.78 is 0. The van der Waals surface area contributed by atoms with E-state index in [2.05, 4.69) is 41.2 Å². The van der Waals surface area contributed by atoms with E-state index in [-0.39, 0.29) is 0 Å². The van der Waals surface area contributed by atoms with Gasteiger partial charge < -0.3 is 9.80 Å². The van der Waals surface area contributed by atoms with Gasteiger partial charge in [0.25, 0.3) is 0 Å². The number of thioether (sulfide) groups is 1. The average molecular weight is 412 g/mol. The summed E-state index contributed by atoms with van der Waals surface area (Å²) in [6.07, 6.45) is 9.50. The molecule has 5 nitrogen and oxygen atoms in total. The fourth-order valence-corrected chi connectivity index (χ4v) is 6.72. The van der Waals surface area contributed by atoms with Crippen molar-refractivity contribution in [2.45, 2.75) is 30.6 Å².